The van der Waals surface area contributed by atoms with E-state index in [4.69, 9.17) is 4.74 Å². The van der Waals surface area contributed by atoms with E-state index in [9.17, 15) is 13.2 Å². The summed E-state index contributed by atoms with van der Waals surface area (Å²) in [6.07, 6.45) is 1.10. The van der Waals surface area contributed by atoms with Gasteiger partial charge in [0.1, 0.15) is 11.8 Å². The Kier molecular flexibility index (Phi) is 7.07. The van der Waals surface area contributed by atoms with Crippen LogP contribution in [-0.4, -0.2) is 33.2 Å². The summed E-state index contributed by atoms with van der Waals surface area (Å²) < 4.78 is 31.3. The standard InChI is InChI=1S/C21H28N2O4S/c1-6-27-20-13-9-18(10-14-20)16(3)22-21(24)17(4)23(28(5,25)26)19-11-7-15(2)8-12-19/h7-14,16-17H,6H2,1-5H3,(H,22,24)/t16-,17-/m0/s1. The minimum Gasteiger partial charge on any atom is -0.494 e. The van der Waals surface area contributed by atoms with Crippen LogP contribution >= 0.6 is 0 Å². The Morgan fingerprint density at radius 3 is 2.14 bits per heavy atom. The second kappa shape index (κ2) is 9.10. The van der Waals surface area contributed by atoms with E-state index in [1.165, 1.54) is 0 Å². The fraction of sp³-hybridized carbons (Fsp3) is 0.381. The summed E-state index contributed by atoms with van der Waals surface area (Å²) in [6, 6.07) is 13.4. The molecule has 152 valence electrons. The highest BCUT2D eigenvalue weighted by atomic mass is 32.2. The van der Waals surface area contributed by atoms with Crippen molar-refractivity contribution in [1.29, 1.82) is 0 Å². The lowest BCUT2D eigenvalue weighted by molar-refractivity contribution is -0.122. The molecule has 1 amide bonds. The molecule has 28 heavy (non-hydrogen) atoms. The van der Waals surface area contributed by atoms with Gasteiger partial charge in [-0.3, -0.25) is 9.10 Å². The second-order valence-electron chi connectivity index (χ2n) is 6.80. The Bertz CT molecular complexity index is 893. The first-order chi connectivity index (χ1) is 13.1. The molecule has 0 fully saturated rings. The molecular weight excluding hydrogens is 376 g/mol. The number of nitrogens with one attached hydrogen (secondary N) is 1. The number of hydrogen-bond donors (Lipinski definition) is 1. The fourth-order valence-electron chi connectivity index (χ4n) is 2.94. The molecule has 0 aliphatic carbocycles. The van der Waals surface area contributed by atoms with Crippen LogP contribution in [0.25, 0.3) is 0 Å². The number of sulfonamides is 1. The predicted molar refractivity (Wildman–Crippen MR) is 112 cm³/mol. The molecule has 0 aromatic heterocycles. The number of aryl methyl sites for hydroxylation is 1. The zero-order valence-corrected chi connectivity index (χ0v) is 17.8. The molecule has 0 saturated heterocycles. The van der Waals surface area contributed by atoms with Crippen LogP contribution in [0.15, 0.2) is 48.5 Å². The first-order valence-electron chi connectivity index (χ1n) is 9.22. The number of nitrogens with zero attached hydrogens (tertiary/aromatic N) is 1. The van der Waals surface area contributed by atoms with Crippen molar-refractivity contribution < 1.29 is 17.9 Å². The number of rotatable bonds is 8. The van der Waals surface area contributed by atoms with Crippen molar-refractivity contribution in [2.24, 2.45) is 0 Å². The van der Waals surface area contributed by atoms with Gasteiger partial charge >= 0.3 is 0 Å². The predicted octanol–water partition coefficient (Wildman–Crippen LogP) is 3.43. The quantitative estimate of drug-likeness (QED) is 0.731. The Labute approximate surface area is 167 Å². The maximum atomic E-state index is 12.8. The van der Waals surface area contributed by atoms with Gasteiger partial charge in [-0.1, -0.05) is 29.8 Å². The number of hydrogen-bond acceptors (Lipinski definition) is 4. The molecule has 0 aliphatic rings. The molecular formula is C21H28N2O4S. The summed E-state index contributed by atoms with van der Waals surface area (Å²) in [5.41, 5.74) is 2.38. The summed E-state index contributed by atoms with van der Waals surface area (Å²) in [7, 11) is -3.63. The molecule has 0 radical (unpaired) electrons. The largest absolute Gasteiger partial charge is 0.494 e. The highest BCUT2D eigenvalue weighted by Gasteiger charge is 2.29. The molecule has 2 aromatic carbocycles. The molecule has 0 aliphatic heterocycles. The number of amides is 1. The van der Waals surface area contributed by atoms with Crippen LogP contribution in [0.2, 0.25) is 0 Å². The van der Waals surface area contributed by atoms with Crippen molar-refractivity contribution in [3.8, 4) is 5.75 Å². The van der Waals surface area contributed by atoms with Gasteiger partial charge in [0.05, 0.1) is 24.6 Å². The first kappa shape index (κ1) is 21.8. The van der Waals surface area contributed by atoms with Crippen LogP contribution in [0, 0.1) is 6.92 Å². The van der Waals surface area contributed by atoms with Crippen molar-refractivity contribution in [3.63, 3.8) is 0 Å². The first-order valence-corrected chi connectivity index (χ1v) is 11.1. The van der Waals surface area contributed by atoms with Gasteiger partial charge in [0.25, 0.3) is 0 Å². The van der Waals surface area contributed by atoms with Gasteiger partial charge in [-0.05, 0) is 57.5 Å². The van der Waals surface area contributed by atoms with Crippen LogP contribution in [-0.2, 0) is 14.8 Å². The third kappa shape index (κ3) is 5.48. The van der Waals surface area contributed by atoms with E-state index >= 15 is 0 Å². The lowest BCUT2D eigenvalue weighted by Crippen LogP contribution is -2.48. The third-order valence-electron chi connectivity index (χ3n) is 4.43. The molecule has 0 unspecified atom stereocenters. The van der Waals surface area contributed by atoms with E-state index in [-0.39, 0.29) is 11.9 Å². The molecule has 7 heteroatoms. The summed E-state index contributed by atoms with van der Waals surface area (Å²) in [6.45, 7) is 7.87. The number of anilines is 1. The molecule has 2 aromatic rings. The van der Waals surface area contributed by atoms with Gasteiger partial charge in [-0.2, -0.15) is 0 Å². The Hall–Kier alpha value is -2.54. The minimum atomic E-state index is -3.63. The number of carbonyl (C=O) groups excluding carboxylic acids is 1. The van der Waals surface area contributed by atoms with Crippen LogP contribution in [0.5, 0.6) is 5.75 Å². The normalized spacial score (nSPS) is 13.5. The molecule has 1 N–H and O–H groups in total. The molecule has 2 atom stereocenters. The van der Waals surface area contributed by atoms with E-state index in [0.29, 0.717) is 12.3 Å². The number of carbonyl (C=O) groups is 1. The summed E-state index contributed by atoms with van der Waals surface area (Å²) >= 11 is 0. The van der Waals surface area contributed by atoms with Crippen molar-refractivity contribution in [1.82, 2.24) is 5.32 Å². The lowest BCUT2D eigenvalue weighted by atomic mass is 10.1. The highest BCUT2D eigenvalue weighted by molar-refractivity contribution is 7.92. The maximum Gasteiger partial charge on any atom is 0.244 e. The lowest BCUT2D eigenvalue weighted by Gasteiger charge is -2.29. The summed E-state index contributed by atoms with van der Waals surface area (Å²) in [5, 5.41) is 2.90. The second-order valence-corrected chi connectivity index (χ2v) is 8.66. The van der Waals surface area contributed by atoms with Crippen molar-refractivity contribution in [2.45, 2.75) is 39.8 Å². The van der Waals surface area contributed by atoms with Crippen LogP contribution in [0.3, 0.4) is 0 Å². The molecule has 6 nitrogen and oxygen atoms in total. The zero-order chi connectivity index (χ0) is 20.9. The topological polar surface area (TPSA) is 75.7 Å². The Balaban J connectivity index is 2.17. The van der Waals surface area contributed by atoms with Gasteiger partial charge in [-0.25, -0.2) is 8.42 Å². The average Bonchev–Trinajstić information content (AvgIpc) is 2.63. The highest BCUT2D eigenvalue weighted by Crippen LogP contribution is 2.22. The molecule has 2 rings (SSSR count). The van der Waals surface area contributed by atoms with Crippen LogP contribution < -0.4 is 14.4 Å². The van der Waals surface area contributed by atoms with Gasteiger partial charge in [0.15, 0.2) is 0 Å². The fourth-order valence-corrected chi connectivity index (χ4v) is 4.11. The van der Waals surface area contributed by atoms with E-state index < -0.39 is 16.1 Å². The van der Waals surface area contributed by atoms with E-state index in [1.54, 1.807) is 19.1 Å². The van der Waals surface area contributed by atoms with Crippen LogP contribution in [0.1, 0.15) is 37.9 Å². The summed E-state index contributed by atoms with van der Waals surface area (Å²) in [5.74, 6) is 0.396. The Morgan fingerprint density at radius 1 is 1.07 bits per heavy atom. The number of ether oxygens (including phenoxy) is 1. The smallest absolute Gasteiger partial charge is 0.244 e. The van der Waals surface area contributed by atoms with Crippen molar-refractivity contribution >= 4 is 21.6 Å². The van der Waals surface area contributed by atoms with Crippen molar-refractivity contribution in [2.75, 3.05) is 17.2 Å². The van der Waals surface area contributed by atoms with Gasteiger partial charge < -0.3 is 10.1 Å². The van der Waals surface area contributed by atoms with Crippen molar-refractivity contribution in [3.05, 3.63) is 59.7 Å². The Morgan fingerprint density at radius 2 is 1.64 bits per heavy atom. The van der Waals surface area contributed by atoms with E-state index in [1.807, 2.05) is 57.2 Å². The molecule has 0 bridgehead atoms. The molecule has 0 heterocycles. The number of benzene rings is 2. The monoisotopic (exact) mass is 404 g/mol. The van der Waals surface area contributed by atoms with E-state index in [2.05, 4.69) is 5.32 Å². The SMILES string of the molecule is CCOc1ccc([C@H](C)NC(=O)[C@H](C)N(c2ccc(C)cc2)S(C)(=O)=O)cc1. The van der Waals surface area contributed by atoms with E-state index in [0.717, 1.165) is 27.4 Å². The van der Waals surface area contributed by atoms with Gasteiger partial charge in [-0.15, -0.1) is 0 Å². The summed E-state index contributed by atoms with van der Waals surface area (Å²) in [4.78, 5) is 12.8. The molecule has 0 saturated carbocycles. The van der Waals surface area contributed by atoms with Gasteiger partial charge in [0.2, 0.25) is 15.9 Å². The van der Waals surface area contributed by atoms with Gasteiger partial charge in [0, 0.05) is 0 Å². The zero-order valence-electron chi connectivity index (χ0n) is 17.0. The van der Waals surface area contributed by atoms with Crippen LogP contribution in [0.4, 0.5) is 5.69 Å². The minimum absolute atomic E-state index is 0.273. The maximum absolute atomic E-state index is 12.8. The average molecular weight is 405 g/mol. The third-order valence-corrected chi connectivity index (χ3v) is 5.67. The molecule has 0 spiro atoms.